The number of rotatable bonds is 1. The van der Waals surface area contributed by atoms with Gasteiger partial charge in [-0.1, -0.05) is 15.9 Å². The quantitative estimate of drug-likeness (QED) is 0.859. The average Bonchev–Trinajstić information content (AvgIpc) is 2.79. The third kappa shape index (κ3) is 1.83. The number of carbonyl (C=O) groups excluding carboxylic acids is 1. The molecule has 0 spiro atoms. The summed E-state index contributed by atoms with van der Waals surface area (Å²) in [5, 5.41) is 9.53. The molecule has 2 aliphatic heterocycles. The Morgan fingerprint density at radius 2 is 1.94 bits per heavy atom. The summed E-state index contributed by atoms with van der Waals surface area (Å²) >= 11 is 3.38. The van der Waals surface area contributed by atoms with Crippen molar-refractivity contribution in [2.45, 2.75) is 18.6 Å². The lowest BCUT2D eigenvalue weighted by Gasteiger charge is -2.18. The number of hydrogen-bond acceptors (Lipinski definition) is 2. The molecule has 3 rings (SSSR count). The zero-order valence-corrected chi connectivity index (χ0v) is 10.8. The Morgan fingerprint density at radius 3 is 2.59 bits per heavy atom. The van der Waals surface area contributed by atoms with Crippen LogP contribution in [0.2, 0.25) is 0 Å². The van der Waals surface area contributed by atoms with Crippen molar-refractivity contribution in [2.75, 3.05) is 18.0 Å². The second-order valence-electron chi connectivity index (χ2n) is 4.57. The highest BCUT2D eigenvalue weighted by Gasteiger charge is 2.43. The number of anilines is 1. The lowest BCUT2D eigenvalue weighted by Crippen LogP contribution is -2.33. The Kier molecular flexibility index (Phi) is 2.60. The molecule has 2 heterocycles. The van der Waals surface area contributed by atoms with Gasteiger partial charge in [0.15, 0.2) is 0 Å². The third-order valence-corrected chi connectivity index (χ3v) is 3.93. The van der Waals surface area contributed by atoms with Crippen LogP contribution in [0.25, 0.3) is 0 Å². The Bertz CT molecular complexity index is 448. The molecular formula is C12H13BrN2O2. The number of nitrogens with zero attached hydrogens (tertiary/aromatic N) is 2. The molecule has 1 N–H and O–H groups in total. The van der Waals surface area contributed by atoms with E-state index in [-0.39, 0.29) is 18.2 Å². The van der Waals surface area contributed by atoms with E-state index in [0.29, 0.717) is 19.5 Å². The molecule has 0 unspecified atom stereocenters. The monoisotopic (exact) mass is 296 g/mol. The molecule has 17 heavy (non-hydrogen) atoms. The third-order valence-electron chi connectivity index (χ3n) is 3.40. The van der Waals surface area contributed by atoms with Gasteiger partial charge < -0.3 is 10.0 Å². The van der Waals surface area contributed by atoms with Crippen molar-refractivity contribution in [1.82, 2.24) is 4.90 Å². The number of carbonyl (C=O) groups is 1. The van der Waals surface area contributed by atoms with Crippen LogP contribution in [-0.2, 0) is 0 Å². The van der Waals surface area contributed by atoms with Gasteiger partial charge in [0, 0.05) is 23.2 Å². The molecule has 2 saturated heterocycles. The van der Waals surface area contributed by atoms with E-state index in [1.54, 1.807) is 9.80 Å². The highest BCUT2D eigenvalue weighted by Crippen LogP contribution is 2.30. The van der Waals surface area contributed by atoms with E-state index in [0.717, 1.165) is 10.2 Å². The first-order valence-corrected chi connectivity index (χ1v) is 6.46. The van der Waals surface area contributed by atoms with E-state index in [1.807, 2.05) is 24.3 Å². The Labute approximate surface area is 108 Å². The molecule has 0 radical (unpaired) electrons. The molecule has 0 aromatic heterocycles. The summed E-state index contributed by atoms with van der Waals surface area (Å²) in [7, 11) is 0. The van der Waals surface area contributed by atoms with Crippen LogP contribution < -0.4 is 4.90 Å². The summed E-state index contributed by atoms with van der Waals surface area (Å²) in [6, 6.07) is 7.90. The standard InChI is InChI=1S/C12H13BrN2O2/c13-8-1-3-9(4-2-8)14-6-10-5-11(16)7-15(10)12(14)17/h1-4,10-11,16H,5-7H2/t10-,11-/m0/s1. The van der Waals surface area contributed by atoms with Crippen molar-refractivity contribution in [1.29, 1.82) is 0 Å². The summed E-state index contributed by atoms with van der Waals surface area (Å²) in [6.07, 6.45) is 0.342. The molecule has 1 aromatic carbocycles. The zero-order valence-electron chi connectivity index (χ0n) is 9.21. The maximum Gasteiger partial charge on any atom is 0.324 e. The minimum atomic E-state index is -0.351. The van der Waals surface area contributed by atoms with Crippen LogP contribution in [0, 0.1) is 0 Å². The lowest BCUT2D eigenvalue weighted by atomic mass is 10.2. The van der Waals surface area contributed by atoms with Crippen LogP contribution in [-0.4, -0.2) is 41.3 Å². The lowest BCUT2D eigenvalue weighted by molar-refractivity contribution is 0.176. The van der Waals surface area contributed by atoms with Crippen LogP contribution in [0.15, 0.2) is 28.7 Å². The van der Waals surface area contributed by atoms with Gasteiger partial charge in [0.25, 0.3) is 0 Å². The highest BCUT2D eigenvalue weighted by atomic mass is 79.9. The fourth-order valence-corrected chi connectivity index (χ4v) is 2.84. The predicted octanol–water partition coefficient (Wildman–Crippen LogP) is 1.82. The van der Waals surface area contributed by atoms with Gasteiger partial charge in [-0.05, 0) is 30.7 Å². The van der Waals surface area contributed by atoms with Crippen molar-refractivity contribution in [3.05, 3.63) is 28.7 Å². The minimum absolute atomic E-state index is 0.00822. The Morgan fingerprint density at radius 1 is 1.24 bits per heavy atom. The molecule has 2 amide bonds. The number of amides is 2. The van der Waals surface area contributed by atoms with E-state index >= 15 is 0 Å². The topological polar surface area (TPSA) is 43.8 Å². The number of halogens is 1. The maximum atomic E-state index is 12.1. The largest absolute Gasteiger partial charge is 0.391 e. The molecule has 2 aliphatic rings. The van der Waals surface area contributed by atoms with Crippen LogP contribution in [0.1, 0.15) is 6.42 Å². The van der Waals surface area contributed by atoms with Crippen molar-refractivity contribution in [2.24, 2.45) is 0 Å². The molecule has 90 valence electrons. The summed E-state index contributed by atoms with van der Waals surface area (Å²) in [4.78, 5) is 15.7. The molecule has 5 heteroatoms. The first-order valence-electron chi connectivity index (χ1n) is 5.67. The molecule has 4 nitrogen and oxygen atoms in total. The molecule has 2 fully saturated rings. The molecule has 1 aromatic rings. The van der Waals surface area contributed by atoms with Gasteiger partial charge in [-0.25, -0.2) is 4.79 Å². The average molecular weight is 297 g/mol. The van der Waals surface area contributed by atoms with Gasteiger partial charge in [-0.15, -0.1) is 0 Å². The molecular weight excluding hydrogens is 284 g/mol. The summed E-state index contributed by atoms with van der Waals surface area (Å²) < 4.78 is 1.00. The smallest absolute Gasteiger partial charge is 0.324 e. The fourth-order valence-electron chi connectivity index (χ4n) is 2.58. The van der Waals surface area contributed by atoms with Gasteiger partial charge >= 0.3 is 6.03 Å². The van der Waals surface area contributed by atoms with E-state index in [9.17, 15) is 9.90 Å². The van der Waals surface area contributed by atoms with E-state index in [1.165, 1.54) is 0 Å². The second-order valence-corrected chi connectivity index (χ2v) is 5.48. The summed E-state index contributed by atoms with van der Waals surface area (Å²) in [5.74, 6) is 0. The fraction of sp³-hybridized carbons (Fsp3) is 0.417. The highest BCUT2D eigenvalue weighted by molar-refractivity contribution is 9.10. The molecule has 2 atom stereocenters. The number of urea groups is 1. The van der Waals surface area contributed by atoms with Crippen molar-refractivity contribution in [3.63, 3.8) is 0 Å². The van der Waals surface area contributed by atoms with Crippen LogP contribution >= 0.6 is 15.9 Å². The number of hydrogen-bond donors (Lipinski definition) is 1. The van der Waals surface area contributed by atoms with E-state index in [4.69, 9.17) is 0 Å². The predicted molar refractivity (Wildman–Crippen MR) is 68.0 cm³/mol. The van der Waals surface area contributed by atoms with Gasteiger partial charge in [0.05, 0.1) is 12.1 Å². The van der Waals surface area contributed by atoms with Gasteiger partial charge in [-0.3, -0.25) is 4.90 Å². The normalized spacial score (nSPS) is 27.8. The molecule has 0 saturated carbocycles. The minimum Gasteiger partial charge on any atom is -0.391 e. The van der Waals surface area contributed by atoms with Crippen molar-refractivity contribution in [3.8, 4) is 0 Å². The van der Waals surface area contributed by atoms with Gasteiger partial charge in [-0.2, -0.15) is 0 Å². The second kappa shape index (κ2) is 3.99. The SMILES string of the molecule is O=C1N(c2ccc(Br)cc2)C[C@@H]2C[C@H](O)CN12. The molecule has 0 aliphatic carbocycles. The van der Waals surface area contributed by atoms with Crippen LogP contribution in [0.3, 0.4) is 0 Å². The Hall–Kier alpha value is -1.07. The number of aliphatic hydroxyl groups is 1. The molecule has 0 bridgehead atoms. The summed E-state index contributed by atoms with van der Waals surface area (Å²) in [6.45, 7) is 1.15. The number of benzene rings is 1. The maximum absolute atomic E-state index is 12.1. The first-order chi connectivity index (χ1) is 8.15. The van der Waals surface area contributed by atoms with Crippen molar-refractivity contribution >= 4 is 27.6 Å². The Balaban J connectivity index is 1.83. The van der Waals surface area contributed by atoms with Gasteiger partial charge in [0.1, 0.15) is 0 Å². The van der Waals surface area contributed by atoms with E-state index < -0.39 is 0 Å². The van der Waals surface area contributed by atoms with Crippen molar-refractivity contribution < 1.29 is 9.90 Å². The first kappa shape index (κ1) is 11.0. The zero-order chi connectivity index (χ0) is 12.0. The summed E-state index contributed by atoms with van der Waals surface area (Å²) in [5.41, 5.74) is 0.919. The number of fused-ring (bicyclic) bond motifs is 1. The van der Waals surface area contributed by atoms with Gasteiger partial charge in [0.2, 0.25) is 0 Å². The van der Waals surface area contributed by atoms with Crippen LogP contribution in [0.5, 0.6) is 0 Å². The van der Waals surface area contributed by atoms with E-state index in [2.05, 4.69) is 15.9 Å². The number of aliphatic hydroxyl groups excluding tert-OH is 1. The van der Waals surface area contributed by atoms with Crippen LogP contribution in [0.4, 0.5) is 10.5 Å².